The number of benzene rings is 3. The van der Waals surface area contributed by atoms with Crippen LogP contribution in [0.4, 0.5) is 0 Å². The van der Waals surface area contributed by atoms with Crippen LogP contribution in [0.15, 0.2) is 144 Å². The van der Waals surface area contributed by atoms with E-state index in [1.165, 1.54) is 15.9 Å². The molecule has 0 saturated heterocycles. The Kier molecular flexibility index (Phi) is 11.9. The molecule has 3 aromatic carbocycles. The molecule has 4 rings (SSSR count). The molecule has 0 aromatic heterocycles. The van der Waals surface area contributed by atoms with Crippen LogP contribution in [-0.4, -0.2) is 0 Å². The summed E-state index contributed by atoms with van der Waals surface area (Å²) in [5.41, 5.74) is 1.16. The fraction of sp³-hybridized carbons (Fsp3) is 0.133. The van der Waals surface area contributed by atoms with Crippen molar-refractivity contribution in [1.82, 2.24) is 0 Å². The first-order valence-corrected chi connectivity index (χ1v) is 13.0. The van der Waals surface area contributed by atoms with Crippen LogP contribution in [-0.2, 0) is 21.7 Å². The monoisotopic (exact) mass is 485 g/mol. The van der Waals surface area contributed by atoms with Crippen molar-refractivity contribution in [3.8, 4) is 0 Å². The van der Waals surface area contributed by atoms with E-state index in [0.29, 0.717) is 0 Å². The summed E-state index contributed by atoms with van der Waals surface area (Å²) >= 11 is 0. The second-order valence-electron chi connectivity index (χ2n) is 7.39. The van der Waals surface area contributed by atoms with Crippen LogP contribution < -0.4 is 15.9 Å². The Morgan fingerprint density at radius 2 is 1.24 bits per heavy atom. The van der Waals surface area contributed by atoms with Gasteiger partial charge in [-0.05, 0) is 19.4 Å². The van der Waals surface area contributed by atoms with Gasteiger partial charge in [-0.15, -0.1) is 0 Å². The smallest absolute Gasteiger partial charge is 0.0608 e. The minimum atomic E-state index is -2.09. The van der Waals surface area contributed by atoms with E-state index in [0.717, 1.165) is 18.5 Å². The van der Waals surface area contributed by atoms with E-state index in [1.807, 2.05) is 19.1 Å². The van der Waals surface area contributed by atoms with Crippen LogP contribution in [0.1, 0.15) is 26.7 Å². The molecule has 0 atom stereocenters. The topological polar surface area (TPSA) is 12.4 Å². The molecule has 166 valence electrons. The van der Waals surface area contributed by atoms with Gasteiger partial charge in [0.2, 0.25) is 0 Å². The Morgan fingerprint density at radius 3 is 1.61 bits per heavy atom. The Bertz CT molecular complexity index is 1020. The summed E-state index contributed by atoms with van der Waals surface area (Å²) in [4.78, 5) is 0. The van der Waals surface area contributed by atoms with Crippen molar-refractivity contribution in [3.63, 3.8) is 0 Å². The fourth-order valence-electron chi connectivity index (χ4n) is 3.58. The van der Waals surface area contributed by atoms with Gasteiger partial charge in [0.05, 0.1) is 7.05 Å². The van der Waals surface area contributed by atoms with E-state index < -0.39 is 7.05 Å². The largest absolute Gasteiger partial charge is 0.258 e. The predicted molar refractivity (Wildman–Crippen MR) is 144 cm³/mol. The molecule has 0 aliphatic heterocycles. The summed E-state index contributed by atoms with van der Waals surface area (Å²) < 4.78 is 5.43. The van der Waals surface area contributed by atoms with Crippen molar-refractivity contribution in [2.24, 2.45) is 4.74 Å². The standard InChI is InChI=1S/C23H20NP.C7H12.Ti/c1-4-14-21(15-5-1)25(22-16-6-2-7-17-22,23-18-8-3-9-19-23)24-20-12-10-11-13-20;1-3-5-7-6-4-2;/h1-12,14-19H,13H2;3,5-7H,4H2,1-2H3;. The van der Waals surface area contributed by atoms with Gasteiger partial charge in [0, 0.05) is 49.7 Å². The molecule has 0 N–H and O–H groups in total. The van der Waals surface area contributed by atoms with Crippen LogP contribution in [0.2, 0.25) is 0 Å². The van der Waals surface area contributed by atoms with Gasteiger partial charge in [-0.2, -0.15) is 0 Å². The zero-order valence-electron chi connectivity index (χ0n) is 19.5. The van der Waals surface area contributed by atoms with Crippen LogP contribution in [0.5, 0.6) is 0 Å². The SMILES string of the molecule is C1=CCC(N=P(c2ccccc2)(c2ccccc2)c2ccccc2)=C1.CC=CC=CCC.[Ti]. The van der Waals surface area contributed by atoms with Crippen molar-refractivity contribution in [2.75, 3.05) is 0 Å². The Labute approximate surface area is 214 Å². The van der Waals surface area contributed by atoms with Gasteiger partial charge in [0.25, 0.3) is 0 Å². The summed E-state index contributed by atoms with van der Waals surface area (Å²) in [6.07, 6.45) is 16.7. The maximum absolute atomic E-state index is 5.43. The van der Waals surface area contributed by atoms with Crippen molar-refractivity contribution in [2.45, 2.75) is 26.7 Å². The molecule has 0 saturated carbocycles. The first-order valence-electron chi connectivity index (χ1n) is 11.2. The Hall–Kier alpha value is -2.44. The van der Waals surface area contributed by atoms with E-state index in [-0.39, 0.29) is 21.7 Å². The van der Waals surface area contributed by atoms with E-state index in [9.17, 15) is 0 Å². The zero-order valence-corrected chi connectivity index (χ0v) is 22.0. The fourth-order valence-corrected chi connectivity index (χ4v) is 7.17. The van der Waals surface area contributed by atoms with E-state index in [2.05, 4.69) is 128 Å². The van der Waals surface area contributed by atoms with Crippen molar-refractivity contribution >= 4 is 23.0 Å². The van der Waals surface area contributed by atoms with Crippen molar-refractivity contribution in [1.29, 1.82) is 0 Å². The molecular formula is C30H32NPTi. The molecule has 3 heteroatoms. The van der Waals surface area contributed by atoms with Gasteiger partial charge in [0.1, 0.15) is 0 Å². The average Bonchev–Trinajstić information content (AvgIpc) is 3.38. The number of hydrogen-bond acceptors (Lipinski definition) is 1. The Morgan fingerprint density at radius 1 is 0.758 bits per heavy atom. The normalized spacial score (nSPS) is 12.7. The van der Waals surface area contributed by atoms with Crippen molar-refractivity contribution < 1.29 is 21.7 Å². The molecule has 3 aromatic rings. The first-order chi connectivity index (χ1) is 15.8. The third-order valence-corrected chi connectivity index (χ3v) is 8.79. The molecule has 0 spiro atoms. The Balaban J connectivity index is 0.000000423. The molecule has 0 heterocycles. The second-order valence-corrected chi connectivity index (χ2v) is 10.4. The molecule has 0 bridgehead atoms. The summed E-state index contributed by atoms with van der Waals surface area (Å²) in [6, 6.07) is 32.3. The van der Waals surface area contributed by atoms with Gasteiger partial charge < -0.3 is 0 Å². The molecule has 1 nitrogen and oxygen atoms in total. The number of hydrogen-bond donors (Lipinski definition) is 0. The maximum Gasteiger partial charge on any atom is 0.0608 e. The number of allylic oxidation sites excluding steroid dienone is 7. The summed E-state index contributed by atoms with van der Waals surface area (Å²) in [7, 11) is -2.09. The van der Waals surface area contributed by atoms with Crippen LogP contribution in [0, 0.1) is 0 Å². The third-order valence-electron chi connectivity index (χ3n) is 5.10. The van der Waals surface area contributed by atoms with Crippen LogP contribution in [0.3, 0.4) is 0 Å². The van der Waals surface area contributed by atoms with E-state index >= 15 is 0 Å². The quantitative estimate of drug-likeness (QED) is 0.194. The van der Waals surface area contributed by atoms with Gasteiger partial charge in [-0.1, -0.05) is 134 Å². The maximum atomic E-state index is 5.43. The van der Waals surface area contributed by atoms with Gasteiger partial charge in [-0.25, -0.2) is 0 Å². The first kappa shape index (κ1) is 26.8. The molecule has 0 fully saturated rings. The van der Waals surface area contributed by atoms with E-state index in [1.54, 1.807) is 0 Å². The third kappa shape index (κ3) is 7.28. The van der Waals surface area contributed by atoms with Gasteiger partial charge in [-0.3, -0.25) is 4.74 Å². The summed E-state index contributed by atoms with van der Waals surface area (Å²) in [6.45, 7) is 4.14. The summed E-state index contributed by atoms with van der Waals surface area (Å²) in [5.74, 6) is 0. The molecule has 0 radical (unpaired) electrons. The molecular weight excluding hydrogens is 453 g/mol. The minimum Gasteiger partial charge on any atom is -0.258 e. The summed E-state index contributed by atoms with van der Waals surface area (Å²) in [5, 5.41) is 3.88. The predicted octanol–water partition coefficient (Wildman–Crippen LogP) is 7.53. The molecule has 0 amide bonds. The molecule has 1 aliphatic rings. The molecule has 0 unspecified atom stereocenters. The van der Waals surface area contributed by atoms with E-state index in [4.69, 9.17) is 4.74 Å². The van der Waals surface area contributed by atoms with Crippen LogP contribution in [0.25, 0.3) is 0 Å². The zero-order chi connectivity index (χ0) is 22.5. The van der Waals surface area contributed by atoms with Crippen LogP contribution >= 0.6 is 7.05 Å². The average molecular weight is 485 g/mol. The van der Waals surface area contributed by atoms with Crippen molar-refractivity contribution in [3.05, 3.63) is 139 Å². The van der Waals surface area contributed by atoms with Gasteiger partial charge >= 0.3 is 0 Å². The molecule has 33 heavy (non-hydrogen) atoms. The van der Waals surface area contributed by atoms with Gasteiger partial charge in [0.15, 0.2) is 0 Å². The molecule has 1 aliphatic carbocycles. The minimum absolute atomic E-state index is 0. The number of rotatable bonds is 6. The second kappa shape index (κ2) is 14.7. The number of nitrogens with zero attached hydrogens (tertiary/aromatic N) is 1.